The number of ether oxygens (including phenoxy) is 1. The lowest BCUT2D eigenvalue weighted by Crippen LogP contribution is -2.33. The molecule has 158 valence electrons. The number of benzene rings is 2. The topological polar surface area (TPSA) is 49.7 Å². The molecule has 0 radical (unpaired) electrons. The van der Waals surface area contributed by atoms with Gasteiger partial charge in [0.1, 0.15) is 5.82 Å². The van der Waals surface area contributed by atoms with E-state index in [0.717, 1.165) is 10.4 Å². The summed E-state index contributed by atoms with van der Waals surface area (Å²) in [5.74, 6) is -0.319. The highest BCUT2D eigenvalue weighted by Gasteiger charge is 2.30. The fraction of sp³-hybridized carbons (Fsp3) is 0.304. The molecule has 2 aromatic carbocycles. The lowest BCUT2D eigenvalue weighted by Gasteiger charge is -2.32. The number of thiophene rings is 1. The summed E-state index contributed by atoms with van der Waals surface area (Å²) < 4.78 is 34.4. The highest BCUT2D eigenvalue weighted by Crippen LogP contribution is 2.40. The summed E-state index contributed by atoms with van der Waals surface area (Å²) in [6.45, 7) is -0.179. The van der Waals surface area contributed by atoms with Gasteiger partial charge in [0, 0.05) is 33.2 Å². The molecular weight excluding hydrogens is 430 g/mol. The second-order valence-corrected chi connectivity index (χ2v) is 8.93. The molecule has 7 heteroatoms. The second kappa shape index (κ2) is 9.12. The van der Waals surface area contributed by atoms with Crippen LogP contribution in [0.3, 0.4) is 0 Å². The molecule has 4 unspecified atom stereocenters. The number of aliphatic hydroxyl groups excluding tert-OH is 2. The van der Waals surface area contributed by atoms with Crippen molar-refractivity contribution in [2.45, 2.75) is 37.3 Å². The molecule has 1 fully saturated rings. The van der Waals surface area contributed by atoms with Gasteiger partial charge in [-0.15, -0.1) is 11.3 Å². The molecule has 0 spiro atoms. The van der Waals surface area contributed by atoms with Gasteiger partial charge < -0.3 is 14.9 Å². The van der Waals surface area contributed by atoms with E-state index in [4.69, 9.17) is 16.3 Å². The Balaban J connectivity index is 1.59. The average Bonchev–Trinajstić information content (AvgIpc) is 3.24. The van der Waals surface area contributed by atoms with E-state index in [9.17, 15) is 14.6 Å². The molecule has 2 N–H and O–H groups in total. The molecule has 3 aromatic rings. The van der Waals surface area contributed by atoms with Crippen LogP contribution in [0.1, 0.15) is 41.1 Å². The largest absolute Gasteiger partial charge is 0.394 e. The predicted molar refractivity (Wildman–Crippen MR) is 114 cm³/mol. The molecule has 3 nitrogen and oxygen atoms in total. The van der Waals surface area contributed by atoms with Crippen molar-refractivity contribution >= 4 is 22.9 Å². The van der Waals surface area contributed by atoms with Gasteiger partial charge in [-0.1, -0.05) is 29.8 Å². The third-order valence-electron chi connectivity index (χ3n) is 5.25. The van der Waals surface area contributed by atoms with E-state index in [1.165, 1.54) is 23.5 Å². The van der Waals surface area contributed by atoms with E-state index in [2.05, 4.69) is 0 Å². The first-order valence-corrected chi connectivity index (χ1v) is 10.9. The van der Waals surface area contributed by atoms with Gasteiger partial charge in [0.2, 0.25) is 0 Å². The highest BCUT2D eigenvalue weighted by molar-refractivity contribution is 7.15. The normalized spacial score (nSPS) is 22.8. The molecule has 1 aliphatic rings. The molecule has 0 aliphatic carbocycles. The number of halogens is 3. The molecule has 1 aliphatic heterocycles. The van der Waals surface area contributed by atoms with Crippen molar-refractivity contribution in [2.24, 2.45) is 0 Å². The molecule has 0 bridgehead atoms. The fourth-order valence-electron chi connectivity index (χ4n) is 3.69. The van der Waals surface area contributed by atoms with Gasteiger partial charge in [-0.05, 0) is 47.5 Å². The smallest absolute Gasteiger partial charge is 0.161 e. The maximum absolute atomic E-state index is 15.4. The van der Waals surface area contributed by atoms with E-state index in [0.29, 0.717) is 33.9 Å². The molecule has 4 rings (SSSR count). The quantitative estimate of drug-likeness (QED) is 0.513. The summed E-state index contributed by atoms with van der Waals surface area (Å²) in [6.07, 6.45) is -2.15. The van der Waals surface area contributed by atoms with Crippen molar-refractivity contribution in [3.05, 3.63) is 81.4 Å². The summed E-state index contributed by atoms with van der Waals surface area (Å²) >= 11 is 7.59. The van der Waals surface area contributed by atoms with Gasteiger partial charge in [0.15, 0.2) is 6.17 Å². The summed E-state index contributed by atoms with van der Waals surface area (Å²) in [6, 6.07) is 14.6. The standard InChI is InChI=1S/C23H21ClF2O3S/c24-19-6-3-14(20-11-16(28)10-17(12-27)29-20)9-18(19)23(26)22-8-7-21(30-22)13-1-4-15(25)5-2-13/h1-9,16-17,20,23,27-28H,10-12H2. The Kier molecular flexibility index (Phi) is 6.51. The Morgan fingerprint density at radius 2 is 1.87 bits per heavy atom. The first-order chi connectivity index (χ1) is 14.4. The van der Waals surface area contributed by atoms with Crippen LogP contribution < -0.4 is 0 Å². The molecule has 0 saturated carbocycles. The molecule has 30 heavy (non-hydrogen) atoms. The Bertz CT molecular complexity index is 1010. The summed E-state index contributed by atoms with van der Waals surface area (Å²) in [5, 5.41) is 19.8. The van der Waals surface area contributed by atoms with Gasteiger partial charge in [0.05, 0.1) is 24.9 Å². The molecule has 2 heterocycles. The zero-order chi connectivity index (χ0) is 21.3. The average molecular weight is 451 g/mol. The summed E-state index contributed by atoms with van der Waals surface area (Å²) in [7, 11) is 0. The van der Waals surface area contributed by atoms with Gasteiger partial charge in [-0.3, -0.25) is 0 Å². The third kappa shape index (κ3) is 4.58. The van der Waals surface area contributed by atoms with Crippen LogP contribution in [0.5, 0.6) is 0 Å². The van der Waals surface area contributed by atoms with Crippen molar-refractivity contribution in [1.29, 1.82) is 0 Å². The monoisotopic (exact) mass is 450 g/mol. The van der Waals surface area contributed by atoms with Crippen LogP contribution in [0.4, 0.5) is 8.78 Å². The first kappa shape index (κ1) is 21.4. The van der Waals surface area contributed by atoms with Crippen molar-refractivity contribution in [1.82, 2.24) is 0 Å². The fourth-order valence-corrected chi connectivity index (χ4v) is 4.91. The Morgan fingerprint density at radius 1 is 1.10 bits per heavy atom. The lowest BCUT2D eigenvalue weighted by atomic mass is 9.94. The SMILES string of the molecule is OCC1CC(O)CC(c2ccc(Cl)c(C(F)c3ccc(-c4ccc(F)cc4)s3)c2)O1. The van der Waals surface area contributed by atoms with Crippen molar-refractivity contribution in [3.8, 4) is 10.4 Å². The van der Waals surface area contributed by atoms with Crippen LogP contribution in [-0.4, -0.2) is 29.0 Å². The van der Waals surface area contributed by atoms with Crippen LogP contribution in [0.15, 0.2) is 54.6 Å². The van der Waals surface area contributed by atoms with Crippen LogP contribution in [0, 0.1) is 5.82 Å². The zero-order valence-corrected chi connectivity index (χ0v) is 17.5. The molecule has 0 amide bonds. The van der Waals surface area contributed by atoms with Crippen molar-refractivity contribution in [3.63, 3.8) is 0 Å². The van der Waals surface area contributed by atoms with Crippen molar-refractivity contribution < 1.29 is 23.7 Å². The lowest BCUT2D eigenvalue weighted by molar-refractivity contribution is -0.113. The maximum Gasteiger partial charge on any atom is 0.161 e. The van der Waals surface area contributed by atoms with E-state index in [-0.39, 0.29) is 12.4 Å². The third-order valence-corrected chi connectivity index (χ3v) is 6.77. The van der Waals surface area contributed by atoms with Gasteiger partial charge in [-0.2, -0.15) is 0 Å². The van der Waals surface area contributed by atoms with E-state index in [1.54, 1.807) is 36.4 Å². The van der Waals surface area contributed by atoms with Crippen LogP contribution in [0.25, 0.3) is 10.4 Å². The van der Waals surface area contributed by atoms with Crippen LogP contribution >= 0.6 is 22.9 Å². The Labute approximate surface area is 182 Å². The highest BCUT2D eigenvalue weighted by atomic mass is 35.5. The summed E-state index contributed by atoms with van der Waals surface area (Å²) in [5.41, 5.74) is 1.86. The van der Waals surface area contributed by atoms with Crippen molar-refractivity contribution in [2.75, 3.05) is 6.61 Å². The minimum absolute atomic E-state index is 0.179. The number of hydrogen-bond donors (Lipinski definition) is 2. The van der Waals surface area contributed by atoms with E-state index >= 15 is 4.39 Å². The minimum Gasteiger partial charge on any atom is -0.394 e. The number of alkyl halides is 1. The number of rotatable bonds is 5. The minimum atomic E-state index is -1.43. The molecular formula is C23H21ClF2O3S. The van der Waals surface area contributed by atoms with Gasteiger partial charge in [-0.25, -0.2) is 8.78 Å². The maximum atomic E-state index is 15.4. The van der Waals surface area contributed by atoms with Gasteiger partial charge >= 0.3 is 0 Å². The Morgan fingerprint density at radius 3 is 2.60 bits per heavy atom. The molecule has 4 atom stereocenters. The zero-order valence-electron chi connectivity index (χ0n) is 16.0. The van der Waals surface area contributed by atoms with Crippen LogP contribution in [0.2, 0.25) is 5.02 Å². The first-order valence-electron chi connectivity index (χ1n) is 9.68. The van der Waals surface area contributed by atoms with E-state index in [1.807, 2.05) is 6.07 Å². The molecule has 1 aromatic heterocycles. The van der Waals surface area contributed by atoms with Gasteiger partial charge in [0.25, 0.3) is 0 Å². The summed E-state index contributed by atoms with van der Waals surface area (Å²) in [4.78, 5) is 1.33. The van der Waals surface area contributed by atoms with E-state index < -0.39 is 24.5 Å². The molecule has 1 saturated heterocycles. The Hall–Kier alpha value is -1.83. The second-order valence-electron chi connectivity index (χ2n) is 7.41. The van der Waals surface area contributed by atoms with Crippen LogP contribution in [-0.2, 0) is 4.74 Å². The number of aliphatic hydroxyl groups is 2. The number of hydrogen-bond acceptors (Lipinski definition) is 4. The predicted octanol–water partition coefficient (Wildman–Crippen LogP) is 5.84.